The molecule has 0 saturated heterocycles. The second-order valence-electron chi connectivity index (χ2n) is 8.18. The number of ether oxygens (including phenoxy) is 1. The summed E-state index contributed by atoms with van der Waals surface area (Å²) >= 11 is 0. The fourth-order valence-electron chi connectivity index (χ4n) is 3.71. The second-order valence-corrected chi connectivity index (χ2v) is 8.18. The minimum atomic E-state index is -0.412. The van der Waals surface area contributed by atoms with E-state index in [0.29, 0.717) is 29.6 Å². The van der Waals surface area contributed by atoms with E-state index in [1.165, 1.54) is 24.5 Å². The van der Waals surface area contributed by atoms with Crippen LogP contribution in [-0.2, 0) is 11.2 Å². The van der Waals surface area contributed by atoms with Gasteiger partial charge in [0.05, 0.1) is 18.5 Å². The average molecular weight is 491 g/mol. The highest BCUT2D eigenvalue weighted by Gasteiger charge is 2.11. The molecule has 1 amide bonds. The standard InChI is InChI=1S/C26H29FN7O2/c1-3-34(4-2)11-6-12-36-21-9-10-22-23(16-21)28-17-29-26(22)31-24-14-20(32-33-24)15-25(35)30-19-8-5-7-18(27)13-19/h5,7-10,13-14,16-17H,1,3-4,6,11-12,15H2,2H3,(H,30,35)(H2,28,29,31,32,33). The summed E-state index contributed by atoms with van der Waals surface area (Å²) < 4.78 is 19.2. The molecule has 9 nitrogen and oxygen atoms in total. The van der Waals surface area contributed by atoms with Crippen LogP contribution < -0.4 is 15.4 Å². The first-order chi connectivity index (χ1) is 17.5. The number of benzene rings is 2. The van der Waals surface area contributed by atoms with Crippen molar-refractivity contribution in [3.05, 3.63) is 73.3 Å². The molecular weight excluding hydrogens is 461 g/mol. The van der Waals surface area contributed by atoms with Crippen molar-refractivity contribution in [1.29, 1.82) is 0 Å². The van der Waals surface area contributed by atoms with Gasteiger partial charge in [-0.05, 0) is 56.8 Å². The van der Waals surface area contributed by atoms with Crippen molar-refractivity contribution < 1.29 is 13.9 Å². The maximum atomic E-state index is 13.3. The van der Waals surface area contributed by atoms with Gasteiger partial charge in [-0.3, -0.25) is 9.89 Å². The minimum absolute atomic E-state index is 0.0567. The van der Waals surface area contributed by atoms with Gasteiger partial charge in [0.15, 0.2) is 5.82 Å². The number of rotatable bonds is 12. The first-order valence-electron chi connectivity index (χ1n) is 11.8. The molecule has 4 rings (SSSR count). The highest BCUT2D eigenvalue weighted by atomic mass is 19.1. The summed E-state index contributed by atoms with van der Waals surface area (Å²) in [6.45, 7) is 9.38. The van der Waals surface area contributed by atoms with Crippen molar-refractivity contribution in [3.8, 4) is 5.75 Å². The lowest BCUT2D eigenvalue weighted by Gasteiger charge is -2.17. The number of nitrogens with zero attached hydrogens (tertiary/aromatic N) is 4. The third-order valence-corrected chi connectivity index (χ3v) is 5.60. The molecule has 0 unspecified atom stereocenters. The number of nitrogens with one attached hydrogen (secondary N) is 3. The van der Waals surface area contributed by atoms with Crippen molar-refractivity contribution in [2.45, 2.75) is 19.8 Å². The van der Waals surface area contributed by atoms with Gasteiger partial charge in [-0.15, -0.1) is 0 Å². The van der Waals surface area contributed by atoms with Crippen molar-refractivity contribution in [1.82, 2.24) is 25.1 Å². The van der Waals surface area contributed by atoms with Gasteiger partial charge in [-0.25, -0.2) is 14.4 Å². The predicted octanol–water partition coefficient (Wildman–Crippen LogP) is 4.34. The van der Waals surface area contributed by atoms with Crippen LogP contribution in [0.3, 0.4) is 0 Å². The molecule has 2 aromatic heterocycles. The van der Waals surface area contributed by atoms with Crippen molar-refractivity contribution in [2.24, 2.45) is 0 Å². The van der Waals surface area contributed by atoms with Crippen LogP contribution in [0.4, 0.5) is 21.7 Å². The number of halogens is 1. The molecule has 0 saturated carbocycles. The number of aromatic nitrogens is 4. The van der Waals surface area contributed by atoms with E-state index in [1.807, 2.05) is 18.2 Å². The number of anilines is 3. The molecular formula is C26H29FN7O2. The Hall–Kier alpha value is -4.05. The van der Waals surface area contributed by atoms with E-state index in [-0.39, 0.29) is 12.3 Å². The molecule has 2 aromatic carbocycles. The monoisotopic (exact) mass is 490 g/mol. The number of aromatic amines is 1. The van der Waals surface area contributed by atoms with Gasteiger partial charge >= 0.3 is 0 Å². The Labute approximate surface area is 209 Å². The number of carbonyl (C=O) groups excluding carboxylic acids is 1. The van der Waals surface area contributed by atoms with E-state index in [0.717, 1.165) is 42.7 Å². The number of hydrogen-bond donors (Lipinski definition) is 3. The molecule has 0 spiro atoms. The van der Waals surface area contributed by atoms with Gasteiger partial charge in [0.2, 0.25) is 5.91 Å². The van der Waals surface area contributed by atoms with E-state index in [1.54, 1.807) is 12.1 Å². The zero-order valence-corrected chi connectivity index (χ0v) is 20.1. The van der Waals surface area contributed by atoms with Gasteiger partial charge in [0, 0.05) is 35.4 Å². The molecule has 0 bridgehead atoms. The Bertz CT molecular complexity index is 1310. The normalized spacial score (nSPS) is 11.1. The first kappa shape index (κ1) is 25.1. The summed E-state index contributed by atoms with van der Waals surface area (Å²) in [7, 11) is 0. The molecule has 0 aliphatic rings. The molecule has 187 valence electrons. The van der Waals surface area contributed by atoms with Crippen LogP contribution in [-0.4, -0.2) is 57.2 Å². The topological polar surface area (TPSA) is 108 Å². The maximum absolute atomic E-state index is 13.3. The fraction of sp³-hybridized carbons (Fsp3) is 0.269. The highest BCUT2D eigenvalue weighted by Crippen LogP contribution is 2.26. The van der Waals surface area contributed by atoms with Gasteiger partial charge in [-0.2, -0.15) is 5.10 Å². The van der Waals surface area contributed by atoms with Gasteiger partial charge in [0.25, 0.3) is 0 Å². The maximum Gasteiger partial charge on any atom is 0.230 e. The van der Waals surface area contributed by atoms with E-state index < -0.39 is 5.82 Å². The molecule has 0 atom stereocenters. The Morgan fingerprint density at radius 3 is 2.89 bits per heavy atom. The highest BCUT2D eigenvalue weighted by molar-refractivity contribution is 5.93. The predicted molar refractivity (Wildman–Crippen MR) is 138 cm³/mol. The van der Waals surface area contributed by atoms with Crippen LogP contribution >= 0.6 is 0 Å². The number of amides is 1. The molecule has 2 heterocycles. The number of hydrogen-bond acceptors (Lipinski definition) is 7. The summed E-state index contributed by atoms with van der Waals surface area (Å²) in [5.41, 5.74) is 1.74. The van der Waals surface area contributed by atoms with Crippen molar-refractivity contribution >= 4 is 34.1 Å². The smallest absolute Gasteiger partial charge is 0.230 e. The molecule has 0 fully saturated rings. The van der Waals surface area contributed by atoms with E-state index in [9.17, 15) is 9.18 Å². The van der Waals surface area contributed by atoms with Crippen LogP contribution in [0.15, 0.2) is 54.9 Å². The zero-order chi connectivity index (χ0) is 25.3. The zero-order valence-electron chi connectivity index (χ0n) is 20.1. The van der Waals surface area contributed by atoms with Crippen LogP contribution in [0.1, 0.15) is 19.0 Å². The number of H-pyrrole nitrogens is 1. The van der Waals surface area contributed by atoms with Crippen molar-refractivity contribution in [3.63, 3.8) is 0 Å². The SMILES string of the molecule is [CH2]CN(CC)CCCOc1ccc2c(Nc3cc(CC(=O)Nc4cccc(F)c4)[nH]n3)ncnc2c1. The third kappa shape index (κ3) is 6.76. The van der Waals surface area contributed by atoms with Crippen molar-refractivity contribution in [2.75, 3.05) is 36.9 Å². The lowest BCUT2D eigenvalue weighted by molar-refractivity contribution is -0.115. The second kappa shape index (κ2) is 12.1. The summed E-state index contributed by atoms with van der Waals surface area (Å²) in [5, 5.41) is 13.7. The van der Waals surface area contributed by atoms with Crippen LogP contribution in [0.2, 0.25) is 0 Å². The Balaban J connectivity index is 1.35. The number of carbonyl (C=O) groups is 1. The fourth-order valence-corrected chi connectivity index (χ4v) is 3.71. The van der Waals surface area contributed by atoms with E-state index in [4.69, 9.17) is 4.74 Å². The quantitative estimate of drug-likeness (QED) is 0.254. The first-order valence-corrected chi connectivity index (χ1v) is 11.8. The molecule has 36 heavy (non-hydrogen) atoms. The lowest BCUT2D eigenvalue weighted by Crippen LogP contribution is -2.25. The Morgan fingerprint density at radius 2 is 2.08 bits per heavy atom. The van der Waals surface area contributed by atoms with Gasteiger partial charge in [0.1, 0.15) is 23.7 Å². The molecule has 10 heteroatoms. The van der Waals surface area contributed by atoms with Crippen LogP contribution in [0.5, 0.6) is 5.75 Å². The van der Waals surface area contributed by atoms with Crippen LogP contribution in [0.25, 0.3) is 10.9 Å². The summed E-state index contributed by atoms with van der Waals surface area (Å²) in [4.78, 5) is 23.2. The van der Waals surface area contributed by atoms with Gasteiger partial charge in [-0.1, -0.05) is 13.0 Å². The summed E-state index contributed by atoms with van der Waals surface area (Å²) in [6, 6.07) is 13.1. The summed E-state index contributed by atoms with van der Waals surface area (Å²) in [6.07, 6.45) is 2.45. The van der Waals surface area contributed by atoms with E-state index >= 15 is 0 Å². The Morgan fingerprint density at radius 1 is 1.19 bits per heavy atom. The molecule has 0 aliphatic heterocycles. The number of fused-ring (bicyclic) bond motifs is 1. The van der Waals surface area contributed by atoms with Gasteiger partial charge < -0.3 is 20.3 Å². The molecule has 0 aliphatic carbocycles. The largest absolute Gasteiger partial charge is 0.493 e. The average Bonchev–Trinajstić information content (AvgIpc) is 3.30. The van der Waals surface area contributed by atoms with E-state index in [2.05, 4.69) is 49.5 Å². The molecule has 1 radical (unpaired) electrons. The lowest BCUT2D eigenvalue weighted by atomic mass is 10.2. The molecule has 4 aromatic rings. The minimum Gasteiger partial charge on any atom is -0.493 e. The third-order valence-electron chi connectivity index (χ3n) is 5.60. The Kier molecular flexibility index (Phi) is 8.40. The summed E-state index contributed by atoms with van der Waals surface area (Å²) in [5.74, 6) is 1.14. The van der Waals surface area contributed by atoms with Crippen LogP contribution in [0, 0.1) is 12.7 Å². The molecule has 3 N–H and O–H groups in total.